The summed E-state index contributed by atoms with van der Waals surface area (Å²) in [6, 6.07) is 10.0. The molecule has 5 atom stereocenters. The fourth-order valence-electron chi connectivity index (χ4n) is 3.56. The van der Waals surface area contributed by atoms with E-state index in [4.69, 9.17) is 4.74 Å². The number of aromatic nitrogens is 2. The molecule has 160 valence electrons. The number of benzene rings is 1. The van der Waals surface area contributed by atoms with Crippen molar-refractivity contribution in [2.75, 3.05) is 18.3 Å². The molecule has 5 N–H and O–H groups in total. The number of fused-ring (bicyclic) bond motifs is 1. The molecule has 1 unspecified atom stereocenters. The number of aliphatic imine (C=N–C) groups is 1. The number of hydrogen-bond acceptors (Lipinski definition) is 9. The van der Waals surface area contributed by atoms with Crippen LogP contribution in [0.3, 0.4) is 0 Å². The summed E-state index contributed by atoms with van der Waals surface area (Å²) in [4.78, 5) is 8.80. The van der Waals surface area contributed by atoms with Gasteiger partial charge in [-0.2, -0.15) is 0 Å². The Hall–Kier alpha value is -2.60. The zero-order valence-corrected chi connectivity index (χ0v) is 16.4. The van der Waals surface area contributed by atoms with E-state index in [1.54, 1.807) is 21.9 Å². The summed E-state index contributed by atoms with van der Waals surface area (Å²) in [5, 5.41) is 34.8. The number of imidazole rings is 1. The van der Waals surface area contributed by atoms with Gasteiger partial charge < -0.3 is 20.1 Å². The summed E-state index contributed by atoms with van der Waals surface area (Å²) in [5.74, 6) is 0.607. The molecular formula is C20H26N6O4. The summed E-state index contributed by atoms with van der Waals surface area (Å²) in [6.45, 7) is 4.49. The molecule has 1 aromatic carbocycles. The third-order valence-electron chi connectivity index (χ3n) is 5.19. The molecule has 10 heteroatoms. The molecule has 30 heavy (non-hydrogen) atoms. The van der Waals surface area contributed by atoms with Gasteiger partial charge >= 0.3 is 0 Å². The smallest absolute Gasteiger partial charge is 0.172 e. The molecule has 1 saturated heterocycles. The van der Waals surface area contributed by atoms with Crippen molar-refractivity contribution in [3.63, 3.8) is 0 Å². The van der Waals surface area contributed by atoms with Crippen molar-refractivity contribution in [2.24, 2.45) is 4.99 Å². The lowest BCUT2D eigenvalue weighted by molar-refractivity contribution is -0.0529. The van der Waals surface area contributed by atoms with E-state index in [0.717, 1.165) is 5.56 Å². The minimum absolute atomic E-state index is 0.231. The highest BCUT2D eigenvalue weighted by Gasteiger charge is 2.44. The van der Waals surface area contributed by atoms with Crippen molar-refractivity contribution < 1.29 is 20.1 Å². The number of nitrogens with one attached hydrogen (secondary N) is 2. The van der Waals surface area contributed by atoms with Crippen LogP contribution in [0.25, 0.3) is 0 Å². The first kappa shape index (κ1) is 20.7. The second-order valence-electron chi connectivity index (χ2n) is 7.18. The van der Waals surface area contributed by atoms with E-state index in [1.807, 2.05) is 30.3 Å². The maximum absolute atomic E-state index is 10.3. The molecule has 2 aliphatic heterocycles. The highest BCUT2D eigenvalue weighted by molar-refractivity contribution is 5.86. The average molecular weight is 414 g/mol. The Morgan fingerprint density at radius 2 is 2.07 bits per heavy atom. The minimum Gasteiger partial charge on any atom is -0.394 e. The van der Waals surface area contributed by atoms with Crippen LogP contribution in [0.4, 0.5) is 5.82 Å². The molecule has 4 rings (SSSR count). The molecule has 0 aliphatic carbocycles. The zero-order chi connectivity index (χ0) is 21.1. The summed E-state index contributed by atoms with van der Waals surface area (Å²) >= 11 is 0. The van der Waals surface area contributed by atoms with E-state index in [0.29, 0.717) is 24.7 Å². The first-order valence-electron chi connectivity index (χ1n) is 9.75. The minimum atomic E-state index is -1.19. The number of nitrogens with zero attached hydrogens (tertiary/aromatic N) is 4. The Labute approximate surface area is 174 Å². The largest absolute Gasteiger partial charge is 0.394 e. The maximum atomic E-state index is 10.3. The van der Waals surface area contributed by atoms with Crippen LogP contribution in [0.15, 0.2) is 54.3 Å². The summed E-state index contributed by atoms with van der Waals surface area (Å²) in [6.07, 6.45) is 0.601. The lowest BCUT2D eigenvalue weighted by Crippen LogP contribution is -2.51. The number of aliphatic hydroxyl groups excluding tert-OH is 3. The molecule has 0 spiro atoms. The lowest BCUT2D eigenvalue weighted by Gasteiger charge is -2.29. The van der Waals surface area contributed by atoms with E-state index in [2.05, 4.69) is 27.3 Å². The van der Waals surface area contributed by atoms with Gasteiger partial charge in [-0.3, -0.25) is 19.9 Å². The molecule has 1 fully saturated rings. The Balaban J connectivity index is 1.47. The predicted molar refractivity (Wildman–Crippen MR) is 111 cm³/mol. The number of hydrogen-bond donors (Lipinski definition) is 5. The normalized spacial score (nSPS) is 26.6. The second kappa shape index (κ2) is 9.04. The van der Waals surface area contributed by atoms with Crippen molar-refractivity contribution >= 4 is 12.0 Å². The van der Waals surface area contributed by atoms with Gasteiger partial charge in [0, 0.05) is 6.54 Å². The van der Waals surface area contributed by atoms with E-state index in [9.17, 15) is 15.3 Å². The summed E-state index contributed by atoms with van der Waals surface area (Å²) in [5.41, 5.74) is 5.07. The Kier molecular flexibility index (Phi) is 6.23. The van der Waals surface area contributed by atoms with Crippen molar-refractivity contribution in [1.29, 1.82) is 0 Å². The van der Waals surface area contributed by atoms with Crippen LogP contribution in [0.1, 0.15) is 17.5 Å². The predicted octanol–water partition coefficient (Wildman–Crippen LogP) is -0.502. The second-order valence-corrected chi connectivity index (χ2v) is 7.18. The van der Waals surface area contributed by atoms with Crippen LogP contribution < -0.4 is 15.8 Å². The van der Waals surface area contributed by atoms with Gasteiger partial charge in [-0.15, -0.1) is 6.58 Å². The molecular weight excluding hydrogens is 388 g/mol. The highest BCUT2D eigenvalue weighted by Crippen LogP contribution is 2.32. The topological polar surface area (TPSA) is 127 Å². The van der Waals surface area contributed by atoms with Crippen LogP contribution in [0.2, 0.25) is 0 Å². The van der Waals surface area contributed by atoms with E-state index in [1.165, 1.54) is 6.33 Å². The summed E-state index contributed by atoms with van der Waals surface area (Å²) in [7, 11) is 0. The lowest BCUT2D eigenvalue weighted by atomic mass is 10.1. The monoisotopic (exact) mass is 414 g/mol. The molecule has 0 bridgehead atoms. The first-order chi connectivity index (χ1) is 14.6. The first-order valence-corrected chi connectivity index (χ1v) is 9.75. The van der Waals surface area contributed by atoms with E-state index >= 15 is 0 Å². The fraction of sp³-hybridized carbons (Fsp3) is 0.400. The van der Waals surface area contributed by atoms with Gasteiger partial charge in [-0.05, 0) is 5.56 Å². The number of anilines is 1. The van der Waals surface area contributed by atoms with E-state index < -0.39 is 24.5 Å². The average Bonchev–Trinajstić information content (AvgIpc) is 3.33. The highest BCUT2D eigenvalue weighted by atomic mass is 16.6. The van der Waals surface area contributed by atoms with Crippen LogP contribution in [0.5, 0.6) is 0 Å². The number of rotatable bonds is 8. The van der Waals surface area contributed by atoms with Crippen LogP contribution in [-0.2, 0) is 11.3 Å². The SMILES string of the molecule is C=CC(NCc1ccccc1)NN1CN=Cc2c1ncn2[C@@H]1O[C@H](CO)[C@@H](O)[C@H]1O. The van der Waals surface area contributed by atoms with Gasteiger partial charge in [0.2, 0.25) is 0 Å². The fourth-order valence-corrected chi connectivity index (χ4v) is 3.56. The third kappa shape index (κ3) is 4.01. The van der Waals surface area contributed by atoms with Crippen LogP contribution >= 0.6 is 0 Å². The van der Waals surface area contributed by atoms with Crippen molar-refractivity contribution in [3.05, 3.63) is 60.6 Å². The standard InChI is InChI=1S/C20H26N6O4/c1-2-16(22-8-13-6-4-3-5-7-13)24-26-11-21-9-14-19(26)23-12-25(14)20-18(29)17(28)15(10-27)30-20/h2-7,9,12,15-18,20,22,24,27-29H,1,8,10-11H2/t15-,16?,17-,18-,20-/m1/s1. The molecule has 0 amide bonds. The van der Waals surface area contributed by atoms with Crippen LogP contribution in [0, 0.1) is 0 Å². The molecule has 3 heterocycles. The van der Waals surface area contributed by atoms with Crippen molar-refractivity contribution in [2.45, 2.75) is 37.3 Å². The van der Waals surface area contributed by atoms with Gasteiger partial charge in [0.1, 0.15) is 30.7 Å². The van der Waals surface area contributed by atoms with E-state index in [-0.39, 0.29) is 12.8 Å². The molecule has 10 nitrogen and oxygen atoms in total. The quantitative estimate of drug-likeness (QED) is 0.289. The molecule has 0 saturated carbocycles. The summed E-state index contributed by atoms with van der Waals surface area (Å²) < 4.78 is 7.22. The molecule has 0 radical (unpaired) electrons. The van der Waals surface area contributed by atoms with Gasteiger partial charge in [0.25, 0.3) is 0 Å². The number of ether oxygens (including phenoxy) is 1. The molecule has 1 aromatic heterocycles. The Morgan fingerprint density at radius 1 is 1.27 bits per heavy atom. The van der Waals surface area contributed by atoms with Crippen molar-refractivity contribution in [3.8, 4) is 0 Å². The van der Waals surface area contributed by atoms with Crippen molar-refractivity contribution in [1.82, 2.24) is 20.3 Å². The maximum Gasteiger partial charge on any atom is 0.172 e. The van der Waals surface area contributed by atoms with Gasteiger partial charge in [0.15, 0.2) is 12.0 Å². The van der Waals surface area contributed by atoms with Gasteiger partial charge in [-0.1, -0.05) is 36.4 Å². The van der Waals surface area contributed by atoms with Gasteiger partial charge in [-0.25, -0.2) is 10.4 Å². The molecule has 2 aromatic rings. The number of aliphatic hydroxyl groups is 3. The number of hydrazine groups is 1. The van der Waals surface area contributed by atoms with Crippen LogP contribution in [-0.4, -0.2) is 68.8 Å². The van der Waals surface area contributed by atoms with Gasteiger partial charge in [0.05, 0.1) is 25.3 Å². The Morgan fingerprint density at radius 3 is 2.77 bits per heavy atom. The third-order valence-corrected chi connectivity index (χ3v) is 5.19. The Bertz CT molecular complexity index is 889. The molecule has 2 aliphatic rings. The zero-order valence-electron chi connectivity index (χ0n) is 16.4.